The summed E-state index contributed by atoms with van der Waals surface area (Å²) < 4.78 is 27.7. The second-order valence-electron chi connectivity index (χ2n) is 11.2. The monoisotopic (exact) mass is 648 g/mol. The third-order valence-electron chi connectivity index (χ3n) is 8.36. The van der Waals surface area contributed by atoms with Crippen molar-refractivity contribution in [1.82, 2.24) is 0 Å². The molecule has 0 amide bonds. The number of carbonyl (C=O) groups is 1. The Morgan fingerprint density at radius 1 is 0.864 bits per heavy atom. The van der Waals surface area contributed by atoms with Crippen LogP contribution in [0, 0.1) is 12.7 Å². The Hall–Kier alpha value is -4.62. The molecular weight excluding hydrogens is 619 g/mol. The fourth-order valence-electron chi connectivity index (χ4n) is 6.17. The predicted octanol–water partition coefficient (Wildman–Crippen LogP) is 10.1. The molecule has 2 aliphatic heterocycles. The summed E-state index contributed by atoms with van der Waals surface area (Å²) in [5.41, 5.74) is 6.10. The zero-order valence-corrected chi connectivity index (χ0v) is 26.0. The Balaban J connectivity index is 1.40. The number of halogens is 2. The van der Waals surface area contributed by atoms with Gasteiger partial charge in [-0.2, -0.15) is 0 Å². The maximum absolute atomic E-state index is 13.6. The third kappa shape index (κ3) is 4.63. The quantitative estimate of drug-likeness (QED) is 0.178. The van der Waals surface area contributed by atoms with Gasteiger partial charge in [0.05, 0.1) is 11.3 Å². The van der Waals surface area contributed by atoms with Gasteiger partial charge in [0.1, 0.15) is 17.3 Å². The molecule has 1 unspecified atom stereocenters. The summed E-state index contributed by atoms with van der Waals surface area (Å²) in [6.45, 7) is 5.00. The van der Waals surface area contributed by atoms with Crippen LogP contribution in [0.25, 0.3) is 0 Å². The van der Waals surface area contributed by atoms with E-state index in [4.69, 9.17) is 9.47 Å². The van der Waals surface area contributed by atoms with Crippen molar-refractivity contribution >= 4 is 44.6 Å². The minimum absolute atomic E-state index is 0.302. The fourth-order valence-corrected chi connectivity index (χ4v) is 6.67. The molecule has 0 bridgehead atoms. The highest BCUT2D eigenvalue weighted by Gasteiger charge is 2.53. The number of hydrogen-bond acceptors (Lipinski definition) is 5. The number of ether oxygens (including phenoxy) is 2. The van der Waals surface area contributed by atoms with Crippen molar-refractivity contribution in [2.45, 2.75) is 32.3 Å². The first-order valence-electron chi connectivity index (χ1n) is 14.7. The van der Waals surface area contributed by atoms with Crippen molar-refractivity contribution in [1.29, 1.82) is 0 Å². The summed E-state index contributed by atoms with van der Waals surface area (Å²) in [5, 5.41) is 3.41. The van der Waals surface area contributed by atoms with Crippen LogP contribution in [0.1, 0.15) is 52.4 Å². The Morgan fingerprint density at radius 2 is 1.61 bits per heavy atom. The SMILES string of the molecule is CCCCN(c1ccc2c(c1)Oc1cc(C)c(Nc3ccc(F)cc3)cc1C21OC(=O)c2ccccc21)c1ccccc1Br. The first-order chi connectivity index (χ1) is 21.4. The molecule has 7 heteroatoms. The van der Waals surface area contributed by atoms with Crippen LogP contribution < -0.4 is 15.0 Å². The van der Waals surface area contributed by atoms with Crippen LogP contribution >= 0.6 is 15.9 Å². The standard InChI is InChI=1S/C37H30BrFN2O3/c1-3-4-19-41(33-12-8-7-11-31(33)38)26-17-18-29-35(21-26)43-34-20-23(2)32(40-25-15-13-24(39)14-16-25)22-30(34)37(29)28-10-6-5-9-27(28)36(42)44-37/h5-18,20-22,40H,3-4,19H2,1-2H3. The lowest BCUT2D eigenvalue weighted by atomic mass is 9.77. The van der Waals surface area contributed by atoms with Gasteiger partial charge in [0, 0.05) is 50.8 Å². The molecule has 220 valence electrons. The van der Waals surface area contributed by atoms with Gasteiger partial charge in [-0.05, 0) is 102 Å². The van der Waals surface area contributed by atoms with Crippen LogP contribution in [-0.2, 0) is 10.3 Å². The summed E-state index contributed by atoms with van der Waals surface area (Å²) in [5.74, 6) is 0.562. The van der Waals surface area contributed by atoms with Gasteiger partial charge in [0.15, 0.2) is 5.60 Å². The van der Waals surface area contributed by atoms with E-state index in [-0.39, 0.29) is 11.8 Å². The highest BCUT2D eigenvalue weighted by molar-refractivity contribution is 9.10. The van der Waals surface area contributed by atoms with Crippen molar-refractivity contribution in [3.05, 3.63) is 141 Å². The van der Waals surface area contributed by atoms with E-state index in [9.17, 15) is 9.18 Å². The van der Waals surface area contributed by atoms with Crippen LogP contribution in [0.5, 0.6) is 11.5 Å². The molecule has 1 spiro atoms. The van der Waals surface area contributed by atoms with Crippen molar-refractivity contribution in [2.24, 2.45) is 0 Å². The molecule has 0 aromatic heterocycles. The topological polar surface area (TPSA) is 50.8 Å². The fraction of sp³-hybridized carbons (Fsp3) is 0.162. The van der Waals surface area contributed by atoms with Crippen molar-refractivity contribution in [2.75, 3.05) is 16.8 Å². The molecule has 0 aliphatic carbocycles. The zero-order valence-electron chi connectivity index (χ0n) is 24.4. The van der Waals surface area contributed by atoms with Crippen LogP contribution in [0.15, 0.2) is 108 Å². The second kappa shape index (κ2) is 11.1. The van der Waals surface area contributed by atoms with E-state index < -0.39 is 5.60 Å². The van der Waals surface area contributed by atoms with Crippen molar-refractivity contribution in [3.63, 3.8) is 0 Å². The number of para-hydroxylation sites is 1. The van der Waals surface area contributed by atoms with Crippen LogP contribution in [0.3, 0.4) is 0 Å². The second-order valence-corrected chi connectivity index (χ2v) is 12.0. The maximum Gasteiger partial charge on any atom is 0.340 e. The molecule has 1 atom stereocenters. The smallest absolute Gasteiger partial charge is 0.340 e. The normalized spacial score (nSPS) is 16.0. The van der Waals surface area contributed by atoms with Gasteiger partial charge in [0.2, 0.25) is 0 Å². The lowest BCUT2D eigenvalue weighted by Crippen LogP contribution is -2.33. The molecule has 44 heavy (non-hydrogen) atoms. The number of aryl methyl sites for hydroxylation is 1. The molecule has 0 saturated heterocycles. The summed E-state index contributed by atoms with van der Waals surface area (Å²) >= 11 is 3.74. The molecule has 7 rings (SSSR count). The highest BCUT2D eigenvalue weighted by Crippen LogP contribution is 2.57. The van der Waals surface area contributed by atoms with Gasteiger partial charge in [-0.15, -0.1) is 0 Å². The summed E-state index contributed by atoms with van der Waals surface area (Å²) in [6.07, 6.45) is 2.07. The zero-order chi connectivity index (χ0) is 30.4. The van der Waals surface area contributed by atoms with Crippen LogP contribution in [-0.4, -0.2) is 12.5 Å². The number of anilines is 4. The van der Waals surface area contributed by atoms with Gasteiger partial charge in [-0.25, -0.2) is 9.18 Å². The Labute approximate surface area is 264 Å². The largest absolute Gasteiger partial charge is 0.456 e. The number of rotatable bonds is 7. The number of fused-ring (bicyclic) bond motifs is 6. The Kier molecular flexibility index (Phi) is 7.13. The van der Waals surface area contributed by atoms with Gasteiger partial charge >= 0.3 is 5.97 Å². The lowest BCUT2D eigenvalue weighted by Gasteiger charge is -2.38. The third-order valence-corrected chi connectivity index (χ3v) is 9.03. The number of hydrogen-bond donors (Lipinski definition) is 1. The lowest BCUT2D eigenvalue weighted by molar-refractivity contribution is 0.0224. The minimum Gasteiger partial charge on any atom is -0.456 e. The summed E-state index contributed by atoms with van der Waals surface area (Å²) in [4.78, 5) is 15.7. The van der Waals surface area contributed by atoms with E-state index in [1.165, 1.54) is 12.1 Å². The molecule has 5 aromatic rings. The number of nitrogens with zero attached hydrogens (tertiary/aromatic N) is 1. The number of benzene rings is 5. The Morgan fingerprint density at radius 3 is 2.41 bits per heavy atom. The molecule has 5 nitrogen and oxygen atoms in total. The predicted molar refractivity (Wildman–Crippen MR) is 175 cm³/mol. The summed E-state index contributed by atoms with van der Waals surface area (Å²) in [7, 11) is 0. The number of nitrogens with one attached hydrogen (secondary N) is 1. The average molecular weight is 650 g/mol. The molecule has 0 fully saturated rings. The van der Waals surface area contributed by atoms with Gasteiger partial charge < -0.3 is 19.7 Å². The van der Waals surface area contributed by atoms with E-state index in [2.05, 4.69) is 45.2 Å². The molecule has 0 radical (unpaired) electrons. The van der Waals surface area contributed by atoms with E-state index in [1.807, 2.05) is 67.6 Å². The number of esters is 1. The van der Waals surface area contributed by atoms with Crippen LogP contribution in [0.2, 0.25) is 0 Å². The van der Waals surface area contributed by atoms with Gasteiger partial charge in [0.25, 0.3) is 0 Å². The molecule has 5 aromatic carbocycles. The number of unbranched alkanes of at least 4 members (excludes halogenated alkanes) is 1. The molecule has 1 N–H and O–H groups in total. The van der Waals surface area contributed by atoms with Crippen molar-refractivity contribution < 1.29 is 18.7 Å². The van der Waals surface area contributed by atoms with Gasteiger partial charge in [-0.1, -0.05) is 43.7 Å². The highest BCUT2D eigenvalue weighted by atomic mass is 79.9. The van der Waals surface area contributed by atoms with Crippen LogP contribution in [0.4, 0.5) is 27.1 Å². The first-order valence-corrected chi connectivity index (χ1v) is 15.5. The van der Waals surface area contributed by atoms with E-state index in [0.29, 0.717) is 17.1 Å². The van der Waals surface area contributed by atoms with Crippen molar-refractivity contribution in [3.8, 4) is 11.5 Å². The minimum atomic E-state index is -1.20. The average Bonchev–Trinajstić information content (AvgIpc) is 3.32. The van der Waals surface area contributed by atoms with Gasteiger partial charge in [-0.3, -0.25) is 0 Å². The Bertz CT molecular complexity index is 1910. The van der Waals surface area contributed by atoms with E-state index in [0.717, 1.165) is 68.9 Å². The molecule has 0 saturated carbocycles. The van der Waals surface area contributed by atoms with E-state index in [1.54, 1.807) is 18.2 Å². The summed E-state index contributed by atoms with van der Waals surface area (Å²) in [6, 6.07) is 32.0. The number of carbonyl (C=O) groups excluding carboxylic acids is 1. The molecular formula is C37H30BrFN2O3. The van der Waals surface area contributed by atoms with E-state index >= 15 is 0 Å². The molecule has 2 aliphatic rings. The first kappa shape index (κ1) is 28.2. The maximum atomic E-state index is 13.6. The molecule has 2 heterocycles.